The molecule has 0 aliphatic heterocycles. The van der Waals surface area contributed by atoms with Crippen LogP contribution in [0, 0.1) is 17.0 Å². The van der Waals surface area contributed by atoms with Crippen molar-refractivity contribution in [1.29, 1.82) is 0 Å². The number of nitro benzene ring substituents is 1. The highest BCUT2D eigenvalue weighted by molar-refractivity contribution is 7.99. The Kier molecular flexibility index (Phi) is 5.67. The molecule has 9 nitrogen and oxygen atoms in total. The maximum Gasteiger partial charge on any atom is 0.271 e. The number of hydrogen-bond donors (Lipinski definition) is 1. The average Bonchev–Trinajstić information content (AvgIpc) is 3.11. The minimum absolute atomic E-state index is 0.0378. The molecular weight excluding hydrogens is 392 g/mol. The van der Waals surface area contributed by atoms with Gasteiger partial charge in [-0.05, 0) is 47.2 Å². The highest BCUT2D eigenvalue weighted by atomic mass is 35.5. The summed E-state index contributed by atoms with van der Waals surface area (Å²) < 4.78 is 1.49. The van der Waals surface area contributed by atoms with Crippen molar-refractivity contribution < 1.29 is 9.72 Å². The number of carbonyl (C=O) groups excluding carboxylic acids is 1. The van der Waals surface area contributed by atoms with Gasteiger partial charge in [0.15, 0.2) is 0 Å². The third-order valence-corrected chi connectivity index (χ3v) is 4.72. The summed E-state index contributed by atoms with van der Waals surface area (Å²) in [4.78, 5) is 22.6. The minimum atomic E-state index is -0.510. The van der Waals surface area contributed by atoms with E-state index >= 15 is 0 Å². The largest absolute Gasteiger partial charge is 0.325 e. The van der Waals surface area contributed by atoms with Crippen LogP contribution in [-0.2, 0) is 4.79 Å². The summed E-state index contributed by atoms with van der Waals surface area (Å²) in [7, 11) is 0. The van der Waals surface area contributed by atoms with Gasteiger partial charge in [-0.25, -0.2) is 0 Å². The number of halogens is 1. The summed E-state index contributed by atoms with van der Waals surface area (Å²) in [6.45, 7) is 1.76. The van der Waals surface area contributed by atoms with Crippen LogP contribution in [-0.4, -0.2) is 36.8 Å². The molecule has 1 N–H and O–H groups in total. The SMILES string of the molecule is Cc1ccc([N+](=O)[O-])cc1NC(=O)CSc1nnnn1-c1ccc(Cl)cc1. The fraction of sp³-hybridized carbons (Fsp3) is 0.125. The molecule has 0 aliphatic carbocycles. The Hall–Kier alpha value is -2.98. The predicted molar refractivity (Wildman–Crippen MR) is 101 cm³/mol. The Morgan fingerprint density at radius 2 is 2.04 bits per heavy atom. The predicted octanol–water partition coefficient (Wildman–Crippen LogP) is 3.26. The van der Waals surface area contributed by atoms with Crippen molar-refractivity contribution in [2.75, 3.05) is 11.1 Å². The van der Waals surface area contributed by atoms with Crippen molar-refractivity contribution in [3.63, 3.8) is 0 Å². The zero-order valence-electron chi connectivity index (χ0n) is 14.0. The van der Waals surface area contributed by atoms with E-state index in [9.17, 15) is 14.9 Å². The summed E-state index contributed by atoms with van der Waals surface area (Å²) >= 11 is 7.02. The number of anilines is 1. The third kappa shape index (κ3) is 4.60. The average molecular weight is 405 g/mol. The van der Waals surface area contributed by atoms with E-state index in [1.165, 1.54) is 16.8 Å². The molecule has 0 fully saturated rings. The lowest BCUT2D eigenvalue weighted by Crippen LogP contribution is -2.15. The van der Waals surface area contributed by atoms with Crippen LogP contribution in [0.5, 0.6) is 0 Å². The summed E-state index contributed by atoms with van der Waals surface area (Å²) in [5.74, 6) is -0.287. The number of benzene rings is 2. The topological polar surface area (TPSA) is 116 Å². The number of aromatic nitrogens is 4. The molecule has 1 amide bonds. The number of nitrogens with zero attached hydrogens (tertiary/aromatic N) is 5. The molecule has 0 atom stereocenters. The second-order valence-electron chi connectivity index (χ2n) is 5.44. The molecule has 138 valence electrons. The standard InChI is InChI=1S/C16H13ClN6O3S/c1-10-2-5-13(23(25)26)8-14(10)18-15(24)9-27-16-19-20-21-22(16)12-6-3-11(17)4-7-12/h2-8H,9H2,1H3,(H,18,24). The first-order valence-electron chi connectivity index (χ1n) is 7.66. The first-order valence-corrected chi connectivity index (χ1v) is 9.02. The second-order valence-corrected chi connectivity index (χ2v) is 6.82. The lowest BCUT2D eigenvalue weighted by atomic mass is 10.2. The van der Waals surface area contributed by atoms with Crippen molar-refractivity contribution >= 4 is 40.6 Å². The van der Waals surface area contributed by atoms with Crippen LogP contribution >= 0.6 is 23.4 Å². The highest BCUT2D eigenvalue weighted by Gasteiger charge is 2.14. The van der Waals surface area contributed by atoms with E-state index < -0.39 is 4.92 Å². The van der Waals surface area contributed by atoms with Crippen molar-refractivity contribution in [2.24, 2.45) is 0 Å². The number of nitrogens with one attached hydrogen (secondary N) is 1. The Morgan fingerprint density at radius 3 is 2.74 bits per heavy atom. The zero-order valence-corrected chi connectivity index (χ0v) is 15.6. The Labute approximate surface area is 162 Å². The summed E-state index contributed by atoms with van der Waals surface area (Å²) in [6, 6.07) is 11.2. The molecule has 3 aromatic rings. The molecule has 0 saturated heterocycles. The van der Waals surface area contributed by atoms with Gasteiger partial charge in [-0.2, -0.15) is 4.68 Å². The molecule has 11 heteroatoms. The Balaban J connectivity index is 1.67. The van der Waals surface area contributed by atoms with Gasteiger partial charge in [0.2, 0.25) is 11.1 Å². The lowest BCUT2D eigenvalue weighted by Gasteiger charge is -2.08. The van der Waals surface area contributed by atoms with Gasteiger partial charge in [-0.1, -0.05) is 29.4 Å². The fourth-order valence-electron chi connectivity index (χ4n) is 2.19. The molecule has 0 bridgehead atoms. The first-order chi connectivity index (χ1) is 12.9. The summed E-state index contributed by atoms with van der Waals surface area (Å²) in [5, 5.41) is 26.0. The first kappa shape index (κ1) is 18.8. The van der Waals surface area contributed by atoms with E-state index in [1.807, 2.05) is 0 Å². The van der Waals surface area contributed by atoms with Gasteiger partial charge in [0.1, 0.15) is 0 Å². The number of nitro groups is 1. The number of carbonyl (C=O) groups is 1. The van der Waals surface area contributed by atoms with Crippen molar-refractivity contribution in [3.05, 3.63) is 63.2 Å². The molecule has 0 aliphatic rings. The van der Waals surface area contributed by atoms with E-state index in [0.717, 1.165) is 17.3 Å². The maximum absolute atomic E-state index is 12.2. The number of amides is 1. The monoisotopic (exact) mass is 404 g/mol. The zero-order chi connectivity index (χ0) is 19.4. The van der Waals surface area contributed by atoms with Gasteiger partial charge < -0.3 is 5.32 Å². The normalized spacial score (nSPS) is 10.6. The van der Waals surface area contributed by atoms with E-state index in [2.05, 4.69) is 20.8 Å². The molecule has 27 heavy (non-hydrogen) atoms. The molecule has 2 aromatic carbocycles. The smallest absolute Gasteiger partial charge is 0.271 e. The van der Waals surface area contributed by atoms with Gasteiger partial charge in [0.05, 0.1) is 22.1 Å². The van der Waals surface area contributed by atoms with E-state index in [-0.39, 0.29) is 17.3 Å². The number of non-ortho nitro benzene ring substituents is 1. The maximum atomic E-state index is 12.2. The van der Waals surface area contributed by atoms with Gasteiger partial charge in [0, 0.05) is 17.2 Å². The van der Waals surface area contributed by atoms with Crippen LogP contribution in [0.4, 0.5) is 11.4 Å². The van der Waals surface area contributed by atoms with Gasteiger partial charge in [0.25, 0.3) is 5.69 Å². The van der Waals surface area contributed by atoms with Gasteiger partial charge in [-0.15, -0.1) is 5.10 Å². The number of rotatable bonds is 6. The molecule has 3 rings (SSSR count). The summed E-state index contributed by atoms with van der Waals surface area (Å²) in [6.07, 6.45) is 0. The van der Waals surface area contributed by atoms with Crippen LogP contribution in [0.25, 0.3) is 5.69 Å². The Bertz CT molecular complexity index is 992. The van der Waals surface area contributed by atoms with Crippen LogP contribution in [0.3, 0.4) is 0 Å². The Morgan fingerprint density at radius 1 is 1.30 bits per heavy atom. The quantitative estimate of drug-likeness (QED) is 0.380. The molecule has 0 saturated carbocycles. The number of aryl methyl sites for hydroxylation is 1. The molecule has 1 heterocycles. The number of thioether (sulfide) groups is 1. The van der Waals surface area contributed by atoms with Crippen molar-refractivity contribution in [1.82, 2.24) is 20.2 Å². The van der Waals surface area contributed by atoms with Crippen molar-refractivity contribution in [3.8, 4) is 5.69 Å². The molecule has 0 spiro atoms. The molecule has 1 aromatic heterocycles. The summed E-state index contributed by atoms with van der Waals surface area (Å²) in [5.41, 5.74) is 1.74. The lowest BCUT2D eigenvalue weighted by molar-refractivity contribution is -0.384. The van der Waals surface area contributed by atoms with Crippen LogP contribution < -0.4 is 5.32 Å². The van der Waals surface area contributed by atoms with E-state index in [4.69, 9.17) is 11.6 Å². The van der Waals surface area contributed by atoms with Crippen LogP contribution in [0.1, 0.15) is 5.56 Å². The van der Waals surface area contributed by atoms with Gasteiger partial charge in [-0.3, -0.25) is 14.9 Å². The number of hydrogen-bond acceptors (Lipinski definition) is 7. The van der Waals surface area contributed by atoms with E-state index in [0.29, 0.717) is 21.6 Å². The highest BCUT2D eigenvalue weighted by Crippen LogP contribution is 2.23. The van der Waals surface area contributed by atoms with Gasteiger partial charge >= 0.3 is 0 Å². The molecular formula is C16H13ClN6O3S. The molecule has 0 unspecified atom stereocenters. The number of tetrazole rings is 1. The second kappa shape index (κ2) is 8.14. The minimum Gasteiger partial charge on any atom is -0.325 e. The fourth-order valence-corrected chi connectivity index (χ4v) is 3.00. The van der Waals surface area contributed by atoms with Crippen LogP contribution in [0.2, 0.25) is 5.02 Å². The van der Waals surface area contributed by atoms with Crippen LogP contribution in [0.15, 0.2) is 47.6 Å². The van der Waals surface area contributed by atoms with Crippen molar-refractivity contribution in [2.45, 2.75) is 12.1 Å². The third-order valence-electron chi connectivity index (χ3n) is 3.55. The van der Waals surface area contributed by atoms with E-state index in [1.54, 1.807) is 37.3 Å². The molecule has 0 radical (unpaired) electrons.